The monoisotopic (exact) mass is 102 g/mol. The van der Waals surface area contributed by atoms with Gasteiger partial charge in [-0.1, -0.05) is 0 Å². The van der Waals surface area contributed by atoms with Crippen molar-refractivity contribution in [1.29, 1.82) is 10.8 Å². The molecule has 0 aromatic rings. The zero-order valence-corrected chi connectivity index (χ0v) is 2.72. The SMILES string of the molecule is Cl.N=C=N.[NaH]. The first-order valence-corrected chi connectivity index (χ1v) is 0.500. The van der Waals surface area contributed by atoms with Gasteiger partial charge in [-0.2, -0.15) is 0 Å². The Morgan fingerprint density at radius 1 is 1.20 bits per heavy atom. The van der Waals surface area contributed by atoms with E-state index < -0.39 is 0 Å². The summed E-state index contributed by atoms with van der Waals surface area (Å²) in [5.74, 6) is 0. The summed E-state index contributed by atoms with van der Waals surface area (Å²) in [5, 5.41) is 11.2. The Balaban J connectivity index is -0.0000000200. The molecule has 0 spiro atoms. The normalized spacial score (nSPS) is 1.60. The Morgan fingerprint density at radius 3 is 1.20 bits per heavy atom. The third kappa shape index (κ3) is 74.2. The van der Waals surface area contributed by atoms with E-state index in [-0.39, 0.29) is 42.0 Å². The van der Waals surface area contributed by atoms with Gasteiger partial charge in [0.25, 0.3) is 0 Å². The second-order valence-electron chi connectivity index (χ2n) is 0.125. The fraction of sp³-hybridized carbons (Fsp3) is 0. The van der Waals surface area contributed by atoms with Crippen LogP contribution in [0.5, 0.6) is 0 Å². The first-order valence-electron chi connectivity index (χ1n) is 0.500. The van der Waals surface area contributed by atoms with Crippen molar-refractivity contribution >= 4 is 48.0 Å². The van der Waals surface area contributed by atoms with Gasteiger partial charge in [-0.25, -0.2) is 10.8 Å². The Hall–Kier alpha value is 0.670. The minimum absolute atomic E-state index is 0. The van der Waals surface area contributed by atoms with Crippen molar-refractivity contribution in [1.82, 2.24) is 0 Å². The molecule has 0 atom stereocenters. The molecule has 0 fully saturated rings. The topological polar surface area (TPSA) is 47.7 Å². The van der Waals surface area contributed by atoms with Crippen LogP contribution in [0.2, 0.25) is 0 Å². The van der Waals surface area contributed by atoms with E-state index in [1.54, 1.807) is 0 Å². The van der Waals surface area contributed by atoms with Crippen LogP contribution in [-0.4, -0.2) is 35.6 Å². The van der Waals surface area contributed by atoms with Crippen molar-refractivity contribution in [2.75, 3.05) is 0 Å². The van der Waals surface area contributed by atoms with Crippen LogP contribution in [0.15, 0.2) is 0 Å². The van der Waals surface area contributed by atoms with Crippen molar-refractivity contribution in [2.24, 2.45) is 0 Å². The quantitative estimate of drug-likeness (QED) is 0.322. The van der Waals surface area contributed by atoms with Crippen molar-refractivity contribution in [3.05, 3.63) is 0 Å². The van der Waals surface area contributed by atoms with E-state index in [1.807, 2.05) is 0 Å². The Morgan fingerprint density at radius 2 is 1.20 bits per heavy atom. The zero-order chi connectivity index (χ0) is 2.71. The van der Waals surface area contributed by atoms with Gasteiger partial charge < -0.3 is 0 Å². The van der Waals surface area contributed by atoms with Gasteiger partial charge in [0.1, 0.15) is 0 Å². The van der Waals surface area contributed by atoms with Gasteiger partial charge in [-0.05, 0) is 0 Å². The van der Waals surface area contributed by atoms with Crippen molar-refractivity contribution < 1.29 is 0 Å². The minimum atomic E-state index is 0. The first kappa shape index (κ1) is 17.3. The molecule has 0 aliphatic heterocycles. The molecule has 2 nitrogen and oxygen atoms in total. The summed E-state index contributed by atoms with van der Waals surface area (Å²) in [5.41, 5.74) is 0. The third-order valence-corrected chi connectivity index (χ3v) is 0. The maximum absolute atomic E-state index is 5.62. The van der Waals surface area contributed by atoms with Gasteiger partial charge in [0.15, 0.2) is 0 Å². The summed E-state index contributed by atoms with van der Waals surface area (Å²) in [6.45, 7) is 0. The molecular weight excluding hydrogens is 98.5 g/mol. The van der Waals surface area contributed by atoms with E-state index in [9.17, 15) is 0 Å². The van der Waals surface area contributed by atoms with Crippen LogP contribution < -0.4 is 0 Å². The second-order valence-corrected chi connectivity index (χ2v) is 0.125. The van der Waals surface area contributed by atoms with E-state index in [0.717, 1.165) is 0 Å². The van der Waals surface area contributed by atoms with Crippen LogP contribution in [0.4, 0.5) is 0 Å². The molecule has 0 aliphatic rings. The molecule has 0 rings (SSSR count). The summed E-state index contributed by atoms with van der Waals surface area (Å²) in [6, 6.07) is 1.25. The van der Waals surface area contributed by atoms with Gasteiger partial charge >= 0.3 is 29.6 Å². The summed E-state index contributed by atoms with van der Waals surface area (Å²) in [4.78, 5) is 0. The van der Waals surface area contributed by atoms with Gasteiger partial charge in [0.05, 0.1) is 6.01 Å². The van der Waals surface area contributed by atoms with Crippen LogP contribution in [0.3, 0.4) is 0 Å². The van der Waals surface area contributed by atoms with Crippen molar-refractivity contribution in [3.63, 3.8) is 0 Å². The third-order valence-electron chi connectivity index (χ3n) is 0. The summed E-state index contributed by atoms with van der Waals surface area (Å²) in [6.07, 6.45) is 0. The fourth-order valence-corrected chi connectivity index (χ4v) is 0. The molecule has 0 aliphatic carbocycles. The predicted octanol–water partition coefficient (Wildman–Crippen LogP) is 0.0911. The number of nitrogens with one attached hydrogen (secondary N) is 2. The van der Waals surface area contributed by atoms with Crippen LogP contribution in [0, 0.1) is 10.8 Å². The molecular formula is CH4ClN2Na. The van der Waals surface area contributed by atoms with E-state index in [2.05, 4.69) is 0 Å². The summed E-state index contributed by atoms with van der Waals surface area (Å²) < 4.78 is 0. The molecule has 26 valence electrons. The molecule has 2 N–H and O–H groups in total. The van der Waals surface area contributed by atoms with Crippen LogP contribution in [0.25, 0.3) is 0 Å². The number of halogens is 1. The van der Waals surface area contributed by atoms with Crippen molar-refractivity contribution in [3.8, 4) is 0 Å². The maximum atomic E-state index is 5.62. The molecule has 0 unspecified atom stereocenters. The van der Waals surface area contributed by atoms with E-state index in [0.29, 0.717) is 0 Å². The summed E-state index contributed by atoms with van der Waals surface area (Å²) >= 11 is 0. The number of rotatable bonds is 0. The summed E-state index contributed by atoms with van der Waals surface area (Å²) in [7, 11) is 0. The van der Waals surface area contributed by atoms with Gasteiger partial charge in [-0.3, -0.25) is 0 Å². The van der Waals surface area contributed by atoms with Crippen LogP contribution in [-0.2, 0) is 0 Å². The van der Waals surface area contributed by atoms with Crippen molar-refractivity contribution in [2.45, 2.75) is 0 Å². The molecule has 0 radical (unpaired) electrons. The van der Waals surface area contributed by atoms with E-state index >= 15 is 0 Å². The molecule has 4 heteroatoms. The molecule has 5 heavy (non-hydrogen) atoms. The van der Waals surface area contributed by atoms with Crippen LogP contribution >= 0.6 is 12.4 Å². The van der Waals surface area contributed by atoms with Gasteiger partial charge in [0.2, 0.25) is 0 Å². The zero-order valence-electron chi connectivity index (χ0n) is 1.91. The van der Waals surface area contributed by atoms with Gasteiger partial charge in [0, 0.05) is 0 Å². The van der Waals surface area contributed by atoms with E-state index in [1.165, 1.54) is 6.01 Å². The van der Waals surface area contributed by atoms with Gasteiger partial charge in [-0.15, -0.1) is 12.4 Å². The first-order chi connectivity index (χ1) is 1.41. The average Bonchev–Trinajstić information content (AvgIpc) is 0.918. The predicted molar refractivity (Wildman–Crippen MR) is 24.8 cm³/mol. The number of hydrogen-bond acceptors (Lipinski definition) is 2. The standard InChI is InChI=1S/CH2N2.ClH.Na.H/c2-1-3;;;/h2-3H;1H;;. The molecule has 0 amide bonds. The van der Waals surface area contributed by atoms with E-state index in [4.69, 9.17) is 10.8 Å². The molecule has 0 aromatic carbocycles. The second kappa shape index (κ2) is 22.6. The molecule has 0 heterocycles. The Labute approximate surface area is 58.7 Å². The molecule has 0 saturated carbocycles. The van der Waals surface area contributed by atoms with Crippen LogP contribution in [0.1, 0.15) is 0 Å². The molecule has 0 aromatic heterocycles. The molecule has 0 bridgehead atoms. The molecule has 0 saturated heterocycles. The number of hydrogen-bond donors (Lipinski definition) is 2. The Bertz CT molecular complexity index is 30.6. The average molecular weight is 102 g/mol. The fourth-order valence-electron chi connectivity index (χ4n) is 0. The Kier molecular flexibility index (Phi) is 78.2.